The van der Waals surface area contributed by atoms with E-state index in [2.05, 4.69) is 43.0 Å². The van der Waals surface area contributed by atoms with Crippen LogP contribution in [-0.2, 0) is 4.74 Å². The van der Waals surface area contributed by atoms with Gasteiger partial charge in [0.1, 0.15) is 0 Å². The zero-order chi connectivity index (χ0) is 13.0. The molecule has 1 saturated heterocycles. The quantitative estimate of drug-likeness (QED) is 0.887. The first-order valence-electron chi connectivity index (χ1n) is 6.85. The Hall–Kier alpha value is -0.900. The number of nitrogens with zero attached hydrogens (tertiary/aromatic N) is 1. The van der Waals surface area contributed by atoms with E-state index in [4.69, 9.17) is 10.5 Å². The lowest BCUT2D eigenvalue weighted by Gasteiger charge is -2.34. The van der Waals surface area contributed by atoms with Gasteiger partial charge in [-0.3, -0.25) is 4.90 Å². The van der Waals surface area contributed by atoms with Crippen LogP contribution in [0.3, 0.4) is 0 Å². The maximum Gasteiger partial charge on any atom is 0.0700 e. The van der Waals surface area contributed by atoms with Crippen LogP contribution in [0.4, 0.5) is 0 Å². The molecule has 0 spiro atoms. The molecule has 3 heteroatoms. The molecule has 2 N–H and O–H groups in total. The maximum absolute atomic E-state index is 6.33. The van der Waals surface area contributed by atoms with Gasteiger partial charge in [0.2, 0.25) is 0 Å². The van der Waals surface area contributed by atoms with Crippen LogP contribution in [0.2, 0.25) is 0 Å². The fraction of sp³-hybridized carbons (Fsp3) is 0.600. The van der Waals surface area contributed by atoms with Gasteiger partial charge in [0.05, 0.1) is 12.7 Å². The van der Waals surface area contributed by atoms with E-state index in [0.29, 0.717) is 6.10 Å². The van der Waals surface area contributed by atoms with Crippen molar-refractivity contribution in [2.45, 2.75) is 32.4 Å². The summed E-state index contributed by atoms with van der Waals surface area (Å²) in [5.74, 6) is 0. The van der Waals surface area contributed by atoms with Gasteiger partial charge in [0.15, 0.2) is 0 Å². The van der Waals surface area contributed by atoms with Crippen LogP contribution in [0.1, 0.15) is 30.5 Å². The smallest absolute Gasteiger partial charge is 0.0700 e. The third-order valence-electron chi connectivity index (χ3n) is 3.72. The number of benzene rings is 1. The molecule has 18 heavy (non-hydrogen) atoms. The van der Waals surface area contributed by atoms with Crippen molar-refractivity contribution in [1.82, 2.24) is 4.90 Å². The Balaban J connectivity index is 1.95. The maximum atomic E-state index is 6.33. The average molecular weight is 248 g/mol. The number of nitrogens with two attached hydrogens (primary N) is 1. The van der Waals surface area contributed by atoms with E-state index < -0.39 is 0 Å². The molecule has 1 aliphatic heterocycles. The lowest BCUT2D eigenvalue weighted by atomic mass is 10.0. The average Bonchev–Trinajstić information content (AvgIpc) is 2.39. The molecule has 3 nitrogen and oxygen atoms in total. The second kappa shape index (κ2) is 6.32. The standard InChI is InChI=1S/C15H24N2O/c1-3-13-10-17(8-9-18-13)11-15(16)14-7-5-4-6-12(14)2/h4-7,13,15H,3,8-11,16H2,1-2H3. The molecule has 1 aromatic rings. The van der Waals surface area contributed by atoms with Gasteiger partial charge in [0, 0.05) is 25.7 Å². The predicted molar refractivity (Wildman–Crippen MR) is 74.6 cm³/mol. The Labute approximate surface area is 110 Å². The molecule has 0 amide bonds. The molecule has 1 aromatic carbocycles. The zero-order valence-corrected chi connectivity index (χ0v) is 11.4. The molecule has 100 valence electrons. The molecule has 0 aliphatic carbocycles. The molecule has 1 heterocycles. The molecular weight excluding hydrogens is 224 g/mol. The molecule has 0 radical (unpaired) electrons. The Kier molecular flexibility index (Phi) is 4.75. The number of rotatable bonds is 4. The van der Waals surface area contributed by atoms with E-state index >= 15 is 0 Å². The number of hydrogen-bond acceptors (Lipinski definition) is 3. The molecule has 2 atom stereocenters. The molecule has 1 aliphatic rings. The Bertz CT molecular complexity index is 381. The van der Waals surface area contributed by atoms with Crippen molar-refractivity contribution in [3.8, 4) is 0 Å². The van der Waals surface area contributed by atoms with E-state index in [9.17, 15) is 0 Å². The van der Waals surface area contributed by atoms with E-state index in [1.165, 1.54) is 11.1 Å². The van der Waals surface area contributed by atoms with Crippen LogP contribution in [0.5, 0.6) is 0 Å². The minimum Gasteiger partial charge on any atom is -0.376 e. The van der Waals surface area contributed by atoms with Crippen LogP contribution in [0.25, 0.3) is 0 Å². The van der Waals surface area contributed by atoms with Gasteiger partial charge >= 0.3 is 0 Å². The second-order valence-electron chi connectivity index (χ2n) is 5.12. The fourth-order valence-electron chi connectivity index (χ4n) is 2.57. The predicted octanol–water partition coefficient (Wildman–Crippen LogP) is 2.11. The largest absolute Gasteiger partial charge is 0.376 e. The summed E-state index contributed by atoms with van der Waals surface area (Å²) in [5.41, 5.74) is 8.87. The highest BCUT2D eigenvalue weighted by Gasteiger charge is 2.21. The summed E-state index contributed by atoms with van der Waals surface area (Å²) in [5, 5.41) is 0. The van der Waals surface area contributed by atoms with Crippen LogP contribution in [0.15, 0.2) is 24.3 Å². The molecule has 0 saturated carbocycles. The minimum absolute atomic E-state index is 0.0989. The van der Waals surface area contributed by atoms with Crippen molar-refractivity contribution in [1.29, 1.82) is 0 Å². The van der Waals surface area contributed by atoms with Gasteiger partial charge < -0.3 is 10.5 Å². The van der Waals surface area contributed by atoms with Gasteiger partial charge in [-0.15, -0.1) is 0 Å². The summed E-state index contributed by atoms with van der Waals surface area (Å²) in [6.45, 7) is 8.06. The van der Waals surface area contributed by atoms with Gasteiger partial charge in [0.25, 0.3) is 0 Å². The fourth-order valence-corrected chi connectivity index (χ4v) is 2.57. The highest BCUT2D eigenvalue weighted by molar-refractivity contribution is 5.28. The van der Waals surface area contributed by atoms with Gasteiger partial charge in [-0.05, 0) is 24.5 Å². The van der Waals surface area contributed by atoms with Gasteiger partial charge in [-0.2, -0.15) is 0 Å². The van der Waals surface area contributed by atoms with Crippen molar-refractivity contribution in [3.63, 3.8) is 0 Å². The monoisotopic (exact) mass is 248 g/mol. The summed E-state index contributed by atoms with van der Waals surface area (Å²) in [6, 6.07) is 8.49. The van der Waals surface area contributed by atoms with E-state index in [1.807, 2.05) is 0 Å². The normalized spacial score (nSPS) is 22.9. The highest BCUT2D eigenvalue weighted by Crippen LogP contribution is 2.18. The zero-order valence-electron chi connectivity index (χ0n) is 11.4. The van der Waals surface area contributed by atoms with Crippen molar-refractivity contribution in [3.05, 3.63) is 35.4 Å². The summed E-state index contributed by atoms with van der Waals surface area (Å²) < 4.78 is 5.69. The van der Waals surface area contributed by atoms with Crippen molar-refractivity contribution < 1.29 is 4.74 Å². The van der Waals surface area contributed by atoms with Crippen LogP contribution < -0.4 is 5.73 Å². The van der Waals surface area contributed by atoms with E-state index in [-0.39, 0.29) is 6.04 Å². The van der Waals surface area contributed by atoms with Crippen LogP contribution in [0, 0.1) is 6.92 Å². The summed E-state index contributed by atoms with van der Waals surface area (Å²) in [7, 11) is 0. The molecule has 0 aromatic heterocycles. The number of hydrogen-bond donors (Lipinski definition) is 1. The number of morpholine rings is 1. The lowest BCUT2D eigenvalue weighted by Crippen LogP contribution is -2.45. The molecule has 2 unspecified atom stereocenters. The minimum atomic E-state index is 0.0989. The molecular formula is C15H24N2O. The summed E-state index contributed by atoms with van der Waals surface area (Å²) >= 11 is 0. The van der Waals surface area contributed by atoms with Crippen LogP contribution in [-0.4, -0.2) is 37.2 Å². The summed E-state index contributed by atoms with van der Waals surface area (Å²) in [6.07, 6.45) is 1.46. The molecule has 2 rings (SSSR count). The first-order valence-corrected chi connectivity index (χ1v) is 6.85. The van der Waals surface area contributed by atoms with E-state index in [1.54, 1.807) is 0 Å². The van der Waals surface area contributed by atoms with E-state index in [0.717, 1.165) is 32.7 Å². The third-order valence-corrected chi connectivity index (χ3v) is 3.72. The highest BCUT2D eigenvalue weighted by atomic mass is 16.5. The Morgan fingerprint density at radius 3 is 2.94 bits per heavy atom. The van der Waals surface area contributed by atoms with Gasteiger partial charge in [-0.1, -0.05) is 31.2 Å². The first-order chi connectivity index (χ1) is 8.70. The third kappa shape index (κ3) is 3.31. The topological polar surface area (TPSA) is 38.5 Å². The Morgan fingerprint density at radius 1 is 1.44 bits per heavy atom. The van der Waals surface area contributed by atoms with Crippen molar-refractivity contribution in [2.24, 2.45) is 5.73 Å². The second-order valence-corrected chi connectivity index (χ2v) is 5.12. The molecule has 1 fully saturated rings. The summed E-state index contributed by atoms with van der Waals surface area (Å²) in [4.78, 5) is 2.43. The lowest BCUT2D eigenvalue weighted by molar-refractivity contribution is -0.0312. The first kappa shape index (κ1) is 13.5. The molecule has 0 bridgehead atoms. The van der Waals surface area contributed by atoms with Crippen LogP contribution >= 0.6 is 0 Å². The van der Waals surface area contributed by atoms with Crippen molar-refractivity contribution in [2.75, 3.05) is 26.2 Å². The SMILES string of the molecule is CCC1CN(CC(N)c2ccccc2C)CCO1. The van der Waals surface area contributed by atoms with Crippen molar-refractivity contribution >= 4 is 0 Å². The Morgan fingerprint density at radius 2 is 2.22 bits per heavy atom. The number of ether oxygens (including phenoxy) is 1. The van der Waals surface area contributed by atoms with Gasteiger partial charge in [-0.25, -0.2) is 0 Å². The number of aryl methyl sites for hydroxylation is 1.